The molecule has 0 spiro atoms. The lowest BCUT2D eigenvalue weighted by atomic mass is 9.98. The van der Waals surface area contributed by atoms with Crippen LogP contribution in [0.2, 0.25) is 0 Å². The molecular formula is C28H34NO6PS3. The Kier molecular flexibility index (Phi) is 13.8. The van der Waals surface area contributed by atoms with Crippen molar-refractivity contribution in [2.24, 2.45) is 5.73 Å². The van der Waals surface area contributed by atoms with Gasteiger partial charge in [-0.2, -0.15) is 0 Å². The van der Waals surface area contributed by atoms with Crippen molar-refractivity contribution in [1.29, 1.82) is 0 Å². The Bertz CT molecular complexity index is 1210. The van der Waals surface area contributed by atoms with Crippen LogP contribution in [-0.4, -0.2) is 48.9 Å². The minimum Gasteiger partial charge on any atom is -0.493 e. The summed E-state index contributed by atoms with van der Waals surface area (Å²) in [6, 6.07) is 18.8. The zero-order valence-corrected chi connectivity index (χ0v) is 25.6. The Morgan fingerprint density at radius 3 is 2.15 bits per heavy atom. The molecular weight excluding hydrogens is 573 g/mol. The Hall–Kier alpha value is -1.91. The number of thiocarbonyl (C=S) groups is 1. The van der Waals surface area contributed by atoms with Crippen LogP contribution in [0.3, 0.4) is 0 Å². The van der Waals surface area contributed by atoms with E-state index in [1.54, 1.807) is 45.9 Å². The van der Waals surface area contributed by atoms with Crippen molar-refractivity contribution in [3.05, 3.63) is 71.8 Å². The Balaban J connectivity index is 1.42. The topological polar surface area (TPSA) is 89.2 Å². The molecule has 0 heterocycles. The van der Waals surface area contributed by atoms with Crippen LogP contribution >= 0.6 is 42.4 Å². The molecule has 0 fully saturated rings. The van der Waals surface area contributed by atoms with Gasteiger partial charge in [-0.25, -0.2) is 0 Å². The average Bonchev–Trinajstić information content (AvgIpc) is 2.94. The first-order valence-electron chi connectivity index (χ1n) is 12.6. The van der Waals surface area contributed by atoms with Gasteiger partial charge in [-0.15, -0.1) is 0 Å². The zero-order chi connectivity index (χ0) is 28.0. The van der Waals surface area contributed by atoms with E-state index in [1.165, 1.54) is 0 Å². The van der Waals surface area contributed by atoms with Crippen LogP contribution in [0.25, 0.3) is 10.8 Å². The van der Waals surface area contributed by atoms with Crippen molar-refractivity contribution < 1.29 is 27.8 Å². The molecule has 1 atom stereocenters. The summed E-state index contributed by atoms with van der Waals surface area (Å²) in [7, 11) is 2.25. The van der Waals surface area contributed by atoms with Crippen LogP contribution in [0.1, 0.15) is 37.8 Å². The third kappa shape index (κ3) is 10.5. The molecule has 0 amide bonds. The van der Waals surface area contributed by atoms with Gasteiger partial charge < -0.3 is 28.8 Å². The number of ether oxygens (including phenoxy) is 2. The maximum absolute atomic E-state index is 12.7. The molecule has 0 bridgehead atoms. The largest absolute Gasteiger partial charge is 0.493 e. The number of esters is 1. The smallest absolute Gasteiger partial charge is 0.332 e. The van der Waals surface area contributed by atoms with Gasteiger partial charge in [0.25, 0.3) is 0 Å². The minimum atomic E-state index is -1.23. The standard InChI is InChI=1S/C28H34NO6PS3/c1-4-32-36(33-5-2)34-15-17-39-38-16-14-31-26-13-10-23-18-22(6-7-24(23)19-26)20(3)28(30)35-25-11-8-21(9-12-25)27(29)37/h6-13,18-20H,4-5,14-17H2,1-3H3,(H2,29,37). The fourth-order valence-corrected chi connectivity index (χ4v) is 6.21. The Morgan fingerprint density at radius 1 is 0.872 bits per heavy atom. The van der Waals surface area contributed by atoms with Crippen molar-refractivity contribution in [2.75, 3.05) is 37.9 Å². The number of nitrogens with two attached hydrogens (primary N) is 1. The minimum absolute atomic E-state index is 0.302. The summed E-state index contributed by atoms with van der Waals surface area (Å²) >= 11 is 4.96. The van der Waals surface area contributed by atoms with Crippen molar-refractivity contribution in [3.63, 3.8) is 0 Å². The van der Waals surface area contributed by atoms with E-state index < -0.39 is 14.5 Å². The molecule has 11 heteroatoms. The van der Waals surface area contributed by atoms with Gasteiger partial charge in [-0.3, -0.25) is 4.79 Å². The Labute approximate surface area is 244 Å². The maximum atomic E-state index is 12.7. The van der Waals surface area contributed by atoms with Crippen LogP contribution in [0.15, 0.2) is 60.7 Å². The number of carbonyl (C=O) groups is 1. The van der Waals surface area contributed by atoms with E-state index in [0.717, 1.165) is 39.2 Å². The predicted molar refractivity (Wildman–Crippen MR) is 167 cm³/mol. The van der Waals surface area contributed by atoms with Gasteiger partial charge in [0.2, 0.25) is 0 Å². The highest BCUT2D eigenvalue weighted by Crippen LogP contribution is 2.39. The van der Waals surface area contributed by atoms with Crippen LogP contribution in [0.4, 0.5) is 0 Å². The third-order valence-corrected chi connectivity index (χ3v) is 9.30. The quantitative estimate of drug-likeness (QED) is 0.0422. The first-order chi connectivity index (χ1) is 18.9. The maximum Gasteiger partial charge on any atom is 0.332 e. The number of hydrogen-bond acceptors (Lipinski definition) is 9. The molecule has 3 aromatic carbocycles. The first-order valence-corrected chi connectivity index (χ1v) is 16.6. The summed E-state index contributed by atoms with van der Waals surface area (Å²) in [5, 5.41) is 2.08. The summed E-state index contributed by atoms with van der Waals surface area (Å²) in [6.45, 7) is 8.05. The molecule has 0 aliphatic rings. The molecule has 0 aliphatic carbocycles. The van der Waals surface area contributed by atoms with E-state index in [9.17, 15) is 4.79 Å². The number of fused-ring (bicyclic) bond motifs is 1. The lowest BCUT2D eigenvalue weighted by Gasteiger charge is -2.14. The number of hydrogen-bond donors (Lipinski definition) is 1. The summed E-state index contributed by atoms with van der Waals surface area (Å²) < 4.78 is 28.0. The van der Waals surface area contributed by atoms with Gasteiger partial charge in [-0.05, 0) is 73.5 Å². The van der Waals surface area contributed by atoms with Crippen molar-refractivity contribution in [1.82, 2.24) is 0 Å². The molecule has 3 rings (SSSR count). The second-order valence-corrected chi connectivity index (χ2v) is 12.5. The number of rotatable bonds is 17. The van der Waals surface area contributed by atoms with Gasteiger partial charge in [0, 0.05) is 17.1 Å². The highest BCUT2D eigenvalue weighted by Gasteiger charge is 2.18. The molecule has 39 heavy (non-hydrogen) atoms. The normalized spacial score (nSPS) is 12.0. The van der Waals surface area contributed by atoms with E-state index in [4.69, 9.17) is 41.0 Å². The van der Waals surface area contributed by atoms with Crippen molar-refractivity contribution in [2.45, 2.75) is 26.7 Å². The zero-order valence-electron chi connectivity index (χ0n) is 22.3. The van der Waals surface area contributed by atoms with Gasteiger partial charge in [0.1, 0.15) is 16.5 Å². The molecule has 0 aliphatic heterocycles. The van der Waals surface area contributed by atoms with Crippen molar-refractivity contribution in [3.8, 4) is 11.5 Å². The third-order valence-electron chi connectivity index (χ3n) is 5.40. The first kappa shape index (κ1) is 31.6. The van der Waals surface area contributed by atoms with Crippen LogP contribution in [0, 0.1) is 0 Å². The van der Waals surface area contributed by atoms with Crippen molar-refractivity contribution >= 4 is 64.1 Å². The summed E-state index contributed by atoms with van der Waals surface area (Å²) in [6.07, 6.45) is 0. The van der Waals surface area contributed by atoms with E-state index >= 15 is 0 Å². The van der Waals surface area contributed by atoms with Gasteiger partial charge >= 0.3 is 14.6 Å². The average molecular weight is 608 g/mol. The lowest BCUT2D eigenvalue weighted by molar-refractivity contribution is -0.135. The van der Waals surface area contributed by atoms with E-state index in [-0.39, 0.29) is 5.97 Å². The second kappa shape index (κ2) is 17.0. The molecule has 0 saturated heterocycles. The molecule has 1 unspecified atom stereocenters. The second-order valence-electron chi connectivity index (χ2n) is 8.18. The van der Waals surface area contributed by atoms with E-state index in [0.29, 0.717) is 37.2 Å². The van der Waals surface area contributed by atoms with E-state index in [2.05, 4.69) is 0 Å². The number of benzene rings is 3. The SMILES string of the molecule is CCOP(OCC)OCCSSCCOc1ccc2cc(C(C)C(=O)Oc3ccc(C(N)=S)cc3)ccc2c1. The van der Waals surface area contributed by atoms with Crippen LogP contribution in [-0.2, 0) is 18.4 Å². The molecule has 210 valence electrons. The monoisotopic (exact) mass is 607 g/mol. The fraction of sp³-hybridized carbons (Fsp3) is 0.357. The Morgan fingerprint density at radius 2 is 1.49 bits per heavy atom. The van der Waals surface area contributed by atoms with Gasteiger partial charge in [0.05, 0.1) is 32.3 Å². The lowest BCUT2D eigenvalue weighted by Crippen LogP contribution is -2.16. The van der Waals surface area contributed by atoms with E-state index in [1.807, 2.05) is 57.2 Å². The van der Waals surface area contributed by atoms with Crippen LogP contribution < -0.4 is 15.2 Å². The number of carbonyl (C=O) groups excluding carboxylic acids is 1. The predicted octanol–water partition coefficient (Wildman–Crippen LogP) is 7.26. The summed E-state index contributed by atoms with van der Waals surface area (Å²) in [5.41, 5.74) is 7.23. The summed E-state index contributed by atoms with van der Waals surface area (Å²) in [4.78, 5) is 13.0. The molecule has 0 radical (unpaired) electrons. The van der Waals surface area contributed by atoms with Gasteiger partial charge in [-0.1, -0.05) is 58.1 Å². The highest BCUT2D eigenvalue weighted by atomic mass is 33.1. The molecule has 7 nitrogen and oxygen atoms in total. The van der Waals surface area contributed by atoms with Gasteiger partial charge in [0.15, 0.2) is 0 Å². The molecule has 0 saturated carbocycles. The molecule has 0 aromatic heterocycles. The highest BCUT2D eigenvalue weighted by molar-refractivity contribution is 8.76. The molecule has 2 N–H and O–H groups in total. The fourth-order valence-electron chi connectivity index (χ4n) is 3.41. The molecule has 3 aromatic rings. The summed E-state index contributed by atoms with van der Waals surface area (Å²) in [5.74, 6) is 2.22. The van der Waals surface area contributed by atoms with Crippen LogP contribution in [0.5, 0.6) is 11.5 Å².